The number of amides is 1. The van der Waals surface area contributed by atoms with Crippen LogP contribution in [0, 0.1) is 5.82 Å². The second-order valence-corrected chi connectivity index (χ2v) is 7.29. The molecule has 0 spiro atoms. The molecule has 0 saturated heterocycles. The number of carbonyl (C=O) groups is 1. The van der Waals surface area contributed by atoms with Gasteiger partial charge in [-0.15, -0.1) is 0 Å². The minimum Gasteiger partial charge on any atom is -0.389 e. The fraction of sp³-hybridized carbons (Fsp3) is 0.250. The molecule has 2 atom stereocenters. The maximum absolute atomic E-state index is 13.2. The minimum atomic E-state index is -4.44. The molecule has 8 heteroatoms. The average Bonchev–Trinajstić information content (AvgIpc) is 2.73. The predicted octanol–water partition coefficient (Wildman–Crippen LogP) is 5.68. The summed E-state index contributed by atoms with van der Waals surface area (Å²) in [6.45, 7) is 7.70. The standard InChI is InChI=1S/C24H24F4N2O2/c1-5-17(7-6-14(2)24(26,27)28)15(3)30-23(32)20-11-18(16(4)31)10-19(12-20)22-9-8-21(25)13-29-22/h5-13,15-16,31H,1H2,2-4H3,(H,30,32)/b14-6+,17-7+/t15-,16?/m1/s1. The van der Waals surface area contributed by atoms with Gasteiger partial charge in [-0.3, -0.25) is 9.78 Å². The van der Waals surface area contributed by atoms with Gasteiger partial charge in [0.15, 0.2) is 0 Å². The van der Waals surface area contributed by atoms with Crippen molar-refractivity contribution in [2.45, 2.75) is 39.1 Å². The Morgan fingerprint density at radius 1 is 1.19 bits per heavy atom. The molecule has 2 rings (SSSR count). The second kappa shape index (κ2) is 10.4. The molecule has 0 bridgehead atoms. The van der Waals surface area contributed by atoms with Gasteiger partial charge in [0.1, 0.15) is 5.82 Å². The third-order valence-corrected chi connectivity index (χ3v) is 4.78. The van der Waals surface area contributed by atoms with E-state index in [4.69, 9.17) is 0 Å². The average molecular weight is 448 g/mol. The van der Waals surface area contributed by atoms with Crippen molar-refractivity contribution in [1.82, 2.24) is 10.3 Å². The van der Waals surface area contributed by atoms with Gasteiger partial charge in [0.25, 0.3) is 5.91 Å². The van der Waals surface area contributed by atoms with Crippen molar-refractivity contribution < 1.29 is 27.5 Å². The molecule has 170 valence electrons. The minimum absolute atomic E-state index is 0.210. The van der Waals surface area contributed by atoms with Crippen LogP contribution in [0.1, 0.15) is 42.8 Å². The number of nitrogens with one attached hydrogen (secondary N) is 1. The van der Waals surface area contributed by atoms with Gasteiger partial charge in [-0.05, 0) is 62.2 Å². The van der Waals surface area contributed by atoms with Crippen molar-refractivity contribution in [3.63, 3.8) is 0 Å². The number of aliphatic hydroxyl groups excluding tert-OH is 1. The highest BCUT2D eigenvalue weighted by atomic mass is 19.4. The van der Waals surface area contributed by atoms with E-state index in [1.165, 1.54) is 37.3 Å². The van der Waals surface area contributed by atoms with Gasteiger partial charge in [0.2, 0.25) is 0 Å². The van der Waals surface area contributed by atoms with Crippen LogP contribution in [0.5, 0.6) is 0 Å². The summed E-state index contributed by atoms with van der Waals surface area (Å²) in [6.07, 6.45) is -0.734. The number of carbonyl (C=O) groups excluding carboxylic acids is 1. The number of hydrogen-bond donors (Lipinski definition) is 2. The summed E-state index contributed by atoms with van der Waals surface area (Å²) in [5.74, 6) is -1.02. The van der Waals surface area contributed by atoms with Crippen LogP contribution in [-0.4, -0.2) is 28.2 Å². The monoisotopic (exact) mass is 448 g/mol. The highest BCUT2D eigenvalue weighted by Crippen LogP contribution is 2.26. The lowest BCUT2D eigenvalue weighted by atomic mass is 9.99. The zero-order valence-electron chi connectivity index (χ0n) is 17.9. The van der Waals surface area contributed by atoms with E-state index in [0.29, 0.717) is 22.4 Å². The predicted molar refractivity (Wildman–Crippen MR) is 115 cm³/mol. The second-order valence-electron chi connectivity index (χ2n) is 7.29. The smallest absolute Gasteiger partial charge is 0.389 e. The van der Waals surface area contributed by atoms with E-state index in [2.05, 4.69) is 16.9 Å². The quantitative estimate of drug-likeness (QED) is 0.423. The highest BCUT2D eigenvalue weighted by Gasteiger charge is 2.29. The SMILES string of the molecule is C=C/C(=C\C=C(/C)C(F)(F)F)[C@@H](C)NC(=O)c1cc(-c2ccc(F)cn2)cc(C(C)O)c1. The van der Waals surface area contributed by atoms with Crippen LogP contribution in [0.25, 0.3) is 11.3 Å². The van der Waals surface area contributed by atoms with Crippen molar-refractivity contribution >= 4 is 5.91 Å². The molecule has 0 radical (unpaired) electrons. The van der Waals surface area contributed by atoms with Gasteiger partial charge in [-0.2, -0.15) is 13.2 Å². The molecule has 0 aliphatic rings. The van der Waals surface area contributed by atoms with Crippen LogP contribution >= 0.6 is 0 Å². The summed E-state index contributed by atoms with van der Waals surface area (Å²) >= 11 is 0. The van der Waals surface area contributed by atoms with Crippen molar-refractivity contribution in [1.29, 1.82) is 0 Å². The zero-order chi connectivity index (χ0) is 24.1. The molecule has 2 N–H and O–H groups in total. The molecule has 1 aromatic carbocycles. The number of nitrogens with zero attached hydrogens (tertiary/aromatic N) is 1. The van der Waals surface area contributed by atoms with E-state index in [-0.39, 0.29) is 5.56 Å². The molecule has 1 aromatic heterocycles. The van der Waals surface area contributed by atoms with Gasteiger partial charge < -0.3 is 10.4 Å². The number of allylic oxidation sites excluding steroid dienone is 3. The Labute approximate surface area is 184 Å². The Hall–Kier alpha value is -3.26. The Morgan fingerprint density at radius 2 is 1.88 bits per heavy atom. The molecule has 0 saturated carbocycles. The number of halogens is 4. The zero-order valence-corrected chi connectivity index (χ0v) is 17.9. The normalized spacial score (nSPS) is 14.6. The molecular weight excluding hydrogens is 424 g/mol. The molecule has 1 amide bonds. The molecule has 0 aliphatic heterocycles. The lowest BCUT2D eigenvalue weighted by Crippen LogP contribution is -2.33. The molecule has 0 aliphatic carbocycles. The Balaban J connectivity index is 2.33. The van der Waals surface area contributed by atoms with Crippen LogP contribution in [0.3, 0.4) is 0 Å². The lowest BCUT2D eigenvalue weighted by molar-refractivity contribution is -0.0913. The van der Waals surface area contributed by atoms with Crippen molar-refractivity contribution in [2.75, 3.05) is 0 Å². The third kappa shape index (κ3) is 6.62. The maximum atomic E-state index is 13.2. The van der Waals surface area contributed by atoms with Crippen molar-refractivity contribution in [3.05, 3.63) is 89.4 Å². The van der Waals surface area contributed by atoms with Gasteiger partial charge in [0, 0.05) is 16.7 Å². The number of rotatable bonds is 7. The molecule has 1 heterocycles. The molecule has 32 heavy (non-hydrogen) atoms. The molecular formula is C24H24F4N2O2. The molecule has 0 fully saturated rings. The summed E-state index contributed by atoms with van der Waals surface area (Å²) in [6, 6.07) is 6.74. The molecule has 4 nitrogen and oxygen atoms in total. The van der Waals surface area contributed by atoms with E-state index in [1.54, 1.807) is 19.1 Å². The molecule has 1 unspecified atom stereocenters. The van der Waals surface area contributed by atoms with Gasteiger partial charge in [-0.1, -0.05) is 24.8 Å². The first kappa shape index (κ1) is 25.0. The Morgan fingerprint density at radius 3 is 2.41 bits per heavy atom. The number of aromatic nitrogens is 1. The number of aliphatic hydroxyl groups is 1. The fourth-order valence-electron chi connectivity index (χ4n) is 2.79. The summed E-state index contributed by atoms with van der Waals surface area (Å²) in [7, 11) is 0. The molecule has 2 aromatic rings. The van der Waals surface area contributed by atoms with E-state index < -0.39 is 35.6 Å². The summed E-state index contributed by atoms with van der Waals surface area (Å²) < 4.78 is 51.3. The first-order valence-corrected chi connectivity index (χ1v) is 9.76. The van der Waals surface area contributed by atoms with E-state index in [9.17, 15) is 27.5 Å². The van der Waals surface area contributed by atoms with Crippen LogP contribution in [0.2, 0.25) is 0 Å². The largest absolute Gasteiger partial charge is 0.412 e. The first-order chi connectivity index (χ1) is 14.9. The van der Waals surface area contributed by atoms with E-state index in [0.717, 1.165) is 19.2 Å². The van der Waals surface area contributed by atoms with E-state index >= 15 is 0 Å². The number of hydrogen-bond acceptors (Lipinski definition) is 3. The van der Waals surface area contributed by atoms with Crippen LogP contribution in [0.4, 0.5) is 17.6 Å². The summed E-state index contributed by atoms with van der Waals surface area (Å²) in [5.41, 5.74) is 1.18. The summed E-state index contributed by atoms with van der Waals surface area (Å²) in [4.78, 5) is 16.9. The fourth-order valence-corrected chi connectivity index (χ4v) is 2.79. The van der Waals surface area contributed by atoms with Crippen LogP contribution in [-0.2, 0) is 0 Å². The van der Waals surface area contributed by atoms with Crippen LogP contribution < -0.4 is 5.32 Å². The van der Waals surface area contributed by atoms with Crippen LogP contribution in [0.15, 0.2) is 72.5 Å². The lowest BCUT2D eigenvalue weighted by Gasteiger charge is -2.17. The van der Waals surface area contributed by atoms with Crippen molar-refractivity contribution in [3.8, 4) is 11.3 Å². The number of pyridine rings is 1. The topological polar surface area (TPSA) is 62.2 Å². The Bertz CT molecular complexity index is 1040. The Kier molecular flexibility index (Phi) is 8.10. The van der Waals surface area contributed by atoms with E-state index in [1.807, 2.05) is 0 Å². The first-order valence-electron chi connectivity index (χ1n) is 9.76. The van der Waals surface area contributed by atoms with Gasteiger partial charge in [-0.25, -0.2) is 4.39 Å². The third-order valence-electron chi connectivity index (χ3n) is 4.78. The summed E-state index contributed by atoms with van der Waals surface area (Å²) in [5, 5.41) is 12.7. The van der Waals surface area contributed by atoms with Crippen molar-refractivity contribution in [2.24, 2.45) is 0 Å². The number of benzene rings is 1. The van der Waals surface area contributed by atoms with Gasteiger partial charge >= 0.3 is 6.18 Å². The maximum Gasteiger partial charge on any atom is 0.412 e. The van der Waals surface area contributed by atoms with Gasteiger partial charge in [0.05, 0.1) is 24.0 Å². The highest BCUT2D eigenvalue weighted by molar-refractivity contribution is 5.96. The number of alkyl halides is 3.